The van der Waals surface area contributed by atoms with Gasteiger partial charge < -0.3 is 19.3 Å². The summed E-state index contributed by atoms with van der Waals surface area (Å²) in [5.41, 5.74) is 1.11. The first kappa shape index (κ1) is 16.9. The van der Waals surface area contributed by atoms with E-state index < -0.39 is 5.97 Å². The van der Waals surface area contributed by atoms with Crippen molar-refractivity contribution in [2.45, 2.75) is 6.92 Å². The molecule has 1 amide bonds. The van der Waals surface area contributed by atoms with Gasteiger partial charge in [-0.05, 0) is 31.2 Å². The van der Waals surface area contributed by atoms with Crippen LogP contribution in [0.4, 0.5) is 5.69 Å². The number of methoxy groups -OCH3 is 1. The van der Waals surface area contributed by atoms with Crippen molar-refractivity contribution in [3.63, 3.8) is 0 Å². The molecule has 23 heavy (non-hydrogen) atoms. The number of hydrogen-bond acceptors (Lipinski definition) is 5. The molecule has 1 aromatic carbocycles. The van der Waals surface area contributed by atoms with Crippen LogP contribution in [0.1, 0.15) is 6.92 Å². The van der Waals surface area contributed by atoms with E-state index in [1.807, 2.05) is 24.3 Å². The van der Waals surface area contributed by atoms with Crippen LogP contribution < -0.4 is 9.64 Å². The monoisotopic (exact) mass is 318 g/mol. The van der Waals surface area contributed by atoms with Crippen LogP contribution in [0.25, 0.3) is 0 Å². The molecule has 6 nitrogen and oxygen atoms in total. The van der Waals surface area contributed by atoms with Crippen molar-refractivity contribution in [1.82, 2.24) is 4.90 Å². The van der Waals surface area contributed by atoms with E-state index in [1.54, 1.807) is 25.0 Å². The van der Waals surface area contributed by atoms with Crippen LogP contribution in [0.3, 0.4) is 0 Å². The molecule has 0 unspecified atom stereocenters. The van der Waals surface area contributed by atoms with Gasteiger partial charge in [0.1, 0.15) is 5.75 Å². The fraction of sp³-hybridized carbons (Fsp3) is 0.412. The molecule has 0 bridgehead atoms. The number of hydrogen-bond donors (Lipinski definition) is 0. The van der Waals surface area contributed by atoms with Crippen LogP contribution in [0.2, 0.25) is 0 Å². The summed E-state index contributed by atoms with van der Waals surface area (Å²) in [6.45, 7) is 4.26. The number of allylic oxidation sites excluding steroid dienone is 1. The van der Waals surface area contributed by atoms with Crippen molar-refractivity contribution in [3.8, 4) is 5.75 Å². The van der Waals surface area contributed by atoms with Gasteiger partial charge in [0.25, 0.3) is 5.91 Å². The predicted molar refractivity (Wildman–Crippen MR) is 87.6 cm³/mol. The second-order valence-electron chi connectivity index (χ2n) is 5.17. The van der Waals surface area contributed by atoms with E-state index in [1.165, 1.54) is 6.08 Å². The van der Waals surface area contributed by atoms with Crippen molar-refractivity contribution < 1.29 is 19.1 Å². The Morgan fingerprint density at radius 3 is 2.35 bits per heavy atom. The Hall–Kier alpha value is -2.50. The second kappa shape index (κ2) is 8.22. The van der Waals surface area contributed by atoms with Gasteiger partial charge >= 0.3 is 5.97 Å². The molecule has 6 heteroatoms. The molecule has 0 spiro atoms. The number of carbonyl (C=O) groups is 2. The maximum Gasteiger partial charge on any atom is 0.330 e. The fourth-order valence-electron chi connectivity index (χ4n) is 2.42. The Kier molecular flexibility index (Phi) is 6.02. The van der Waals surface area contributed by atoms with Gasteiger partial charge in [-0.1, -0.05) is 6.08 Å². The van der Waals surface area contributed by atoms with Crippen LogP contribution >= 0.6 is 0 Å². The van der Waals surface area contributed by atoms with E-state index in [2.05, 4.69) is 4.90 Å². The summed E-state index contributed by atoms with van der Waals surface area (Å²) in [6, 6.07) is 7.87. The molecule has 0 saturated carbocycles. The fourth-order valence-corrected chi connectivity index (χ4v) is 2.42. The third-order valence-corrected chi connectivity index (χ3v) is 3.71. The zero-order chi connectivity index (χ0) is 16.7. The van der Waals surface area contributed by atoms with E-state index in [0.717, 1.165) is 24.5 Å². The summed E-state index contributed by atoms with van der Waals surface area (Å²) in [4.78, 5) is 27.2. The number of rotatable bonds is 5. The highest BCUT2D eigenvalue weighted by Gasteiger charge is 2.21. The Labute approximate surface area is 136 Å². The molecule has 0 aliphatic carbocycles. The lowest BCUT2D eigenvalue weighted by Crippen LogP contribution is -2.49. The highest BCUT2D eigenvalue weighted by Crippen LogP contribution is 2.20. The SMILES string of the molecule is C/C=C/C(=O)OCC(=O)N1CCN(c2ccc(OC)cc2)CC1. The molecule has 1 fully saturated rings. The summed E-state index contributed by atoms with van der Waals surface area (Å²) < 4.78 is 10.0. The van der Waals surface area contributed by atoms with E-state index in [0.29, 0.717) is 13.1 Å². The first-order valence-corrected chi connectivity index (χ1v) is 7.60. The van der Waals surface area contributed by atoms with Gasteiger partial charge in [0, 0.05) is 37.9 Å². The normalized spacial score (nSPS) is 14.9. The Morgan fingerprint density at radius 1 is 1.13 bits per heavy atom. The van der Waals surface area contributed by atoms with Crippen molar-refractivity contribution >= 4 is 17.6 Å². The standard InChI is InChI=1S/C17H22N2O4/c1-3-4-17(21)23-13-16(20)19-11-9-18(10-12-19)14-5-7-15(22-2)8-6-14/h3-8H,9-13H2,1-2H3/b4-3+. The van der Waals surface area contributed by atoms with Crippen LogP contribution in [0.15, 0.2) is 36.4 Å². The average Bonchev–Trinajstić information content (AvgIpc) is 2.60. The Morgan fingerprint density at radius 2 is 1.78 bits per heavy atom. The summed E-state index contributed by atoms with van der Waals surface area (Å²) in [6.07, 6.45) is 2.88. The lowest BCUT2D eigenvalue weighted by Gasteiger charge is -2.36. The molecule has 2 rings (SSSR count). The molecule has 0 radical (unpaired) electrons. The van der Waals surface area contributed by atoms with Gasteiger partial charge in [-0.2, -0.15) is 0 Å². The smallest absolute Gasteiger partial charge is 0.330 e. The van der Waals surface area contributed by atoms with Crippen molar-refractivity contribution in [3.05, 3.63) is 36.4 Å². The molecule has 1 saturated heterocycles. The minimum Gasteiger partial charge on any atom is -0.497 e. The van der Waals surface area contributed by atoms with Crippen LogP contribution in [-0.4, -0.2) is 56.7 Å². The quantitative estimate of drug-likeness (QED) is 0.608. The topological polar surface area (TPSA) is 59.1 Å². The zero-order valence-electron chi connectivity index (χ0n) is 13.5. The predicted octanol–water partition coefficient (Wildman–Crippen LogP) is 1.46. The summed E-state index contributed by atoms with van der Waals surface area (Å²) >= 11 is 0. The third-order valence-electron chi connectivity index (χ3n) is 3.71. The molecule has 0 atom stereocenters. The van der Waals surface area contributed by atoms with Gasteiger partial charge in [-0.3, -0.25) is 4.79 Å². The largest absolute Gasteiger partial charge is 0.497 e. The summed E-state index contributed by atoms with van der Waals surface area (Å²) in [5, 5.41) is 0. The van der Waals surface area contributed by atoms with Crippen LogP contribution in [0.5, 0.6) is 5.75 Å². The molecule has 124 valence electrons. The van der Waals surface area contributed by atoms with Crippen LogP contribution in [-0.2, 0) is 14.3 Å². The highest BCUT2D eigenvalue weighted by molar-refractivity contribution is 5.85. The number of esters is 1. The van der Waals surface area contributed by atoms with Crippen LogP contribution in [0, 0.1) is 0 Å². The van der Waals surface area contributed by atoms with E-state index in [4.69, 9.17) is 9.47 Å². The lowest BCUT2D eigenvalue weighted by molar-refractivity contribution is -0.148. The molecule has 1 aliphatic rings. The number of carbonyl (C=O) groups excluding carboxylic acids is 2. The highest BCUT2D eigenvalue weighted by atomic mass is 16.5. The summed E-state index contributed by atoms with van der Waals surface area (Å²) in [7, 11) is 1.64. The first-order valence-electron chi connectivity index (χ1n) is 7.60. The van der Waals surface area contributed by atoms with Gasteiger partial charge in [0.15, 0.2) is 6.61 Å². The zero-order valence-corrected chi connectivity index (χ0v) is 13.5. The number of anilines is 1. The molecule has 1 aliphatic heterocycles. The van der Waals surface area contributed by atoms with E-state index in [9.17, 15) is 9.59 Å². The van der Waals surface area contributed by atoms with E-state index >= 15 is 0 Å². The minimum atomic E-state index is -0.488. The Bertz CT molecular complexity index is 560. The maximum absolute atomic E-state index is 12.0. The van der Waals surface area contributed by atoms with Gasteiger partial charge in [-0.15, -0.1) is 0 Å². The third kappa shape index (κ3) is 4.74. The van der Waals surface area contributed by atoms with Crippen molar-refractivity contribution in [1.29, 1.82) is 0 Å². The molecule has 1 aromatic rings. The minimum absolute atomic E-state index is 0.155. The number of piperazine rings is 1. The van der Waals surface area contributed by atoms with Gasteiger partial charge in [-0.25, -0.2) is 4.79 Å². The molecule has 1 heterocycles. The molecular weight excluding hydrogens is 296 g/mol. The van der Waals surface area contributed by atoms with E-state index in [-0.39, 0.29) is 12.5 Å². The van der Waals surface area contributed by atoms with Gasteiger partial charge in [0.2, 0.25) is 0 Å². The van der Waals surface area contributed by atoms with Crippen molar-refractivity contribution in [2.24, 2.45) is 0 Å². The second-order valence-corrected chi connectivity index (χ2v) is 5.17. The number of amides is 1. The molecular formula is C17H22N2O4. The maximum atomic E-state index is 12.0. The average molecular weight is 318 g/mol. The molecule has 0 aromatic heterocycles. The Balaban J connectivity index is 1.80. The van der Waals surface area contributed by atoms with Crippen molar-refractivity contribution in [2.75, 3.05) is 44.8 Å². The first-order chi connectivity index (χ1) is 11.1. The van der Waals surface area contributed by atoms with Gasteiger partial charge in [0.05, 0.1) is 7.11 Å². The lowest BCUT2D eigenvalue weighted by atomic mass is 10.2. The summed E-state index contributed by atoms with van der Waals surface area (Å²) in [5.74, 6) is 0.181. The number of benzene rings is 1. The number of ether oxygens (including phenoxy) is 2. The number of nitrogens with zero attached hydrogens (tertiary/aromatic N) is 2. The molecule has 0 N–H and O–H groups in total.